The highest BCUT2D eigenvalue weighted by atomic mass is 35.5. The molecule has 3 rings (SSSR count). The smallest absolute Gasteiger partial charge is 0.225 e. The van der Waals surface area contributed by atoms with E-state index in [-0.39, 0.29) is 42.6 Å². The fraction of sp³-hybridized carbons (Fsp3) is 0.500. The fourth-order valence-corrected chi connectivity index (χ4v) is 3.52. The van der Waals surface area contributed by atoms with Crippen LogP contribution >= 0.6 is 24.8 Å². The molecule has 0 aliphatic carbocycles. The van der Waals surface area contributed by atoms with E-state index < -0.39 is 0 Å². The van der Waals surface area contributed by atoms with Gasteiger partial charge < -0.3 is 15.5 Å². The maximum absolute atomic E-state index is 12.7. The second-order valence-corrected chi connectivity index (χ2v) is 7.19. The van der Waals surface area contributed by atoms with Crippen LogP contribution in [0.5, 0.6) is 0 Å². The van der Waals surface area contributed by atoms with E-state index in [1.165, 1.54) is 5.56 Å². The van der Waals surface area contributed by atoms with E-state index in [2.05, 4.69) is 58.9 Å². The molecule has 0 bridgehead atoms. The Kier molecular flexibility index (Phi) is 9.96. The molecule has 0 unspecified atom stereocenters. The Balaban J connectivity index is 0.00000196. The molecule has 28 heavy (non-hydrogen) atoms. The third-order valence-electron chi connectivity index (χ3n) is 5.15. The highest BCUT2D eigenvalue weighted by Crippen LogP contribution is 2.27. The Bertz CT molecular complexity index is 752. The summed E-state index contributed by atoms with van der Waals surface area (Å²) in [5, 5.41) is 10.7. The van der Waals surface area contributed by atoms with Crippen molar-refractivity contribution >= 4 is 30.7 Å². The molecule has 0 spiro atoms. The molecular weight excluding hydrogens is 397 g/mol. The second kappa shape index (κ2) is 11.4. The first-order chi connectivity index (χ1) is 12.6. The lowest BCUT2D eigenvalue weighted by atomic mass is 9.90. The van der Waals surface area contributed by atoms with Crippen molar-refractivity contribution < 1.29 is 4.79 Å². The minimum absolute atomic E-state index is 0. The van der Waals surface area contributed by atoms with Crippen LogP contribution in [0.2, 0.25) is 0 Å². The second-order valence-electron chi connectivity index (χ2n) is 7.19. The Morgan fingerprint density at radius 2 is 2.07 bits per heavy atom. The molecule has 156 valence electrons. The van der Waals surface area contributed by atoms with Crippen molar-refractivity contribution in [3.05, 3.63) is 53.3 Å². The van der Waals surface area contributed by atoms with Gasteiger partial charge in [0.05, 0.1) is 12.1 Å². The molecule has 0 saturated carbocycles. The van der Waals surface area contributed by atoms with Gasteiger partial charge in [-0.3, -0.25) is 9.48 Å². The summed E-state index contributed by atoms with van der Waals surface area (Å²) in [6.45, 7) is 6.20. The number of aromatic nitrogens is 2. The summed E-state index contributed by atoms with van der Waals surface area (Å²) in [5.74, 6) is 0.252. The summed E-state index contributed by atoms with van der Waals surface area (Å²) in [7, 11) is 4.02. The van der Waals surface area contributed by atoms with E-state index in [0.29, 0.717) is 13.1 Å². The van der Waals surface area contributed by atoms with Crippen LogP contribution in [0.1, 0.15) is 29.5 Å². The molecule has 2 heterocycles. The topological polar surface area (TPSA) is 62.2 Å². The third-order valence-corrected chi connectivity index (χ3v) is 5.15. The van der Waals surface area contributed by atoms with E-state index in [0.717, 1.165) is 30.8 Å². The minimum Gasteiger partial charge on any atom is -0.352 e. The van der Waals surface area contributed by atoms with Crippen LogP contribution in [-0.2, 0) is 24.9 Å². The van der Waals surface area contributed by atoms with E-state index in [4.69, 9.17) is 0 Å². The number of carbonyl (C=O) groups is 1. The van der Waals surface area contributed by atoms with Crippen molar-refractivity contribution in [1.29, 1.82) is 0 Å². The van der Waals surface area contributed by atoms with Crippen molar-refractivity contribution in [3.8, 4) is 0 Å². The van der Waals surface area contributed by atoms with E-state index in [9.17, 15) is 4.79 Å². The first kappa shape index (κ1) is 24.4. The molecule has 1 aromatic carbocycles. The van der Waals surface area contributed by atoms with Crippen molar-refractivity contribution in [2.45, 2.75) is 25.9 Å². The van der Waals surface area contributed by atoms with Crippen LogP contribution in [0.25, 0.3) is 0 Å². The summed E-state index contributed by atoms with van der Waals surface area (Å²) in [5.41, 5.74) is 3.54. The predicted octanol–water partition coefficient (Wildman–Crippen LogP) is 2.33. The molecule has 2 aromatic rings. The number of nitrogens with zero attached hydrogens (tertiary/aromatic N) is 3. The number of rotatable bonds is 7. The highest BCUT2D eigenvalue weighted by Gasteiger charge is 2.34. The Hall–Kier alpha value is -1.60. The molecule has 2 atom stereocenters. The number of benzene rings is 1. The maximum Gasteiger partial charge on any atom is 0.225 e. The Morgan fingerprint density at radius 1 is 1.32 bits per heavy atom. The summed E-state index contributed by atoms with van der Waals surface area (Å²) in [4.78, 5) is 15.0. The zero-order valence-corrected chi connectivity index (χ0v) is 18.4. The predicted molar refractivity (Wildman–Crippen MR) is 117 cm³/mol. The van der Waals surface area contributed by atoms with E-state index in [1.807, 2.05) is 19.4 Å². The zero-order valence-electron chi connectivity index (χ0n) is 16.7. The van der Waals surface area contributed by atoms with Gasteiger partial charge in [-0.05, 0) is 30.3 Å². The average Bonchev–Trinajstić information content (AvgIpc) is 3.28. The number of hydrogen-bond acceptors (Lipinski definition) is 4. The van der Waals surface area contributed by atoms with E-state index >= 15 is 0 Å². The quantitative estimate of drug-likeness (QED) is 0.711. The van der Waals surface area contributed by atoms with Crippen molar-refractivity contribution in [2.75, 3.05) is 26.7 Å². The Morgan fingerprint density at radius 3 is 2.75 bits per heavy atom. The molecule has 1 aliphatic rings. The molecule has 8 heteroatoms. The lowest BCUT2D eigenvalue weighted by molar-refractivity contribution is -0.125. The lowest BCUT2D eigenvalue weighted by Crippen LogP contribution is -2.34. The van der Waals surface area contributed by atoms with Gasteiger partial charge in [0.25, 0.3) is 0 Å². The van der Waals surface area contributed by atoms with Gasteiger partial charge in [-0.15, -0.1) is 24.8 Å². The number of hydrogen-bond donors (Lipinski definition) is 2. The number of amides is 1. The molecule has 1 aromatic heterocycles. The lowest BCUT2D eigenvalue weighted by Gasteiger charge is -2.18. The monoisotopic (exact) mass is 427 g/mol. The number of nitrogens with one attached hydrogen (secondary N) is 2. The van der Waals surface area contributed by atoms with Gasteiger partial charge in [-0.1, -0.05) is 31.2 Å². The minimum atomic E-state index is -0.0476. The van der Waals surface area contributed by atoms with Gasteiger partial charge in [0, 0.05) is 45.3 Å². The third kappa shape index (κ3) is 6.21. The molecule has 6 nitrogen and oxygen atoms in total. The SMILES string of the molecule is CCN(C)Cc1cccc(CNC(=O)[C@H]2CNC[C@@H]2c2cnn(C)c2)c1.Cl.Cl. The van der Waals surface area contributed by atoms with Crippen molar-refractivity contribution in [1.82, 2.24) is 25.3 Å². The summed E-state index contributed by atoms with van der Waals surface area (Å²) in [6, 6.07) is 8.45. The summed E-state index contributed by atoms with van der Waals surface area (Å²) >= 11 is 0. The van der Waals surface area contributed by atoms with Gasteiger partial charge in [-0.2, -0.15) is 5.10 Å². The van der Waals surface area contributed by atoms with Gasteiger partial charge in [-0.25, -0.2) is 0 Å². The van der Waals surface area contributed by atoms with Crippen molar-refractivity contribution in [3.63, 3.8) is 0 Å². The number of carbonyl (C=O) groups excluding carboxylic acids is 1. The molecule has 1 amide bonds. The van der Waals surface area contributed by atoms with E-state index in [1.54, 1.807) is 4.68 Å². The van der Waals surface area contributed by atoms with Gasteiger partial charge in [0.15, 0.2) is 0 Å². The van der Waals surface area contributed by atoms with Crippen LogP contribution < -0.4 is 10.6 Å². The molecular formula is C20H31Cl2N5O. The zero-order chi connectivity index (χ0) is 18.5. The largest absolute Gasteiger partial charge is 0.352 e. The van der Waals surface area contributed by atoms with Crippen molar-refractivity contribution in [2.24, 2.45) is 13.0 Å². The normalized spacial score (nSPS) is 18.4. The molecule has 1 aliphatic heterocycles. The van der Waals surface area contributed by atoms with Crippen LogP contribution in [0.3, 0.4) is 0 Å². The first-order valence-electron chi connectivity index (χ1n) is 9.30. The molecule has 2 N–H and O–H groups in total. The number of halogens is 2. The average molecular weight is 428 g/mol. The highest BCUT2D eigenvalue weighted by molar-refractivity contribution is 5.85. The molecule has 1 fully saturated rings. The van der Waals surface area contributed by atoms with Gasteiger partial charge in [0.2, 0.25) is 5.91 Å². The van der Waals surface area contributed by atoms with Gasteiger partial charge in [0.1, 0.15) is 0 Å². The standard InChI is InChI=1S/C20H29N5O.2ClH/c1-4-24(2)13-16-7-5-6-15(8-16)9-22-20(26)19-12-21-11-18(19)17-10-23-25(3)14-17;;/h5-8,10,14,18-19,21H,4,9,11-13H2,1-3H3,(H,22,26);2*1H/t18-,19+;;/m1../s1. The Labute approximate surface area is 179 Å². The first-order valence-corrected chi connectivity index (χ1v) is 9.30. The van der Waals surface area contributed by atoms with Crippen LogP contribution in [0, 0.1) is 5.92 Å². The summed E-state index contributed by atoms with van der Waals surface area (Å²) in [6.07, 6.45) is 3.87. The fourth-order valence-electron chi connectivity index (χ4n) is 3.52. The summed E-state index contributed by atoms with van der Waals surface area (Å²) < 4.78 is 1.79. The maximum atomic E-state index is 12.7. The van der Waals surface area contributed by atoms with Crippen LogP contribution in [0.4, 0.5) is 0 Å². The van der Waals surface area contributed by atoms with Crippen LogP contribution in [0.15, 0.2) is 36.7 Å². The van der Waals surface area contributed by atoms with Crippen LogP contribution in [-0.4, -0.2) is 47.3 Å². The number of aryl methyl sites for hydroxylation is 1. The molecule has 1 saturated heterocycles. The molecule has 0 radical (unpaired) electrons. The van der Waals surface area contributed by atoms with Gasteiger partial charge >= 0.3 is 0 Å².